The highest BCUT2D eigenvalue weighted by molar-refractivity contribution is 6.31. The van der Waals surface area contributed by atoms with Gasteiger partial charge in [-0.15, -0.1) is 0 Å². The molecule has 2 rings (SSSR count). The minimum absolute atomic E-state index is 0.0654. The van der Waals surface area contributed by atoms with Gasteiger partial charge in [0.15, 0.2) is 0 Å². The molecule has 1 aliphatic carbocycles. The van der Waals surface area contributed by atoms with Crippen LogP contribution in [0.25, 0.3) is 0 Å². The Morgan fingerprint density at radius 3 is 2.73 bits per heavy atom. The van der Waals surface area contributed by atoms with Crippen molar-refractivity contribution in [3.8, 4) is 0 Å². The van der Waals surface area contributed by atoms with Gasteiger partial charge >= 0.3 is 0 Å². The van der Waals surface area contributed by atoms with Crippen LogP contribution in [0.15, 0.2) is 6.07 Å². The first-order valence-electron chi connectivity index (χ1n) is 5.26. The van der Waals surface area contributed by atoms with E-state index in [1.807, 2.05) is 0 Å². The van der Waals surface area contributed by atoms with Gasteiger partial charge < -0.3 is 5.73 Å². The molecule has 0 heterocycles. The maximum Gasteiger partial charge on any atom is 0.127 e. The Labute approximate surface area is 94.4 Å². The normalized spacial score (nSPS) is 25.1. The first-order chi connectivity index (χ1) is 7.02. The molecule has 3 heteroatoms. The van der Waals surface area contributed by atoms with Crippen molar-refractivity contribution in [3.63, 3.8) is 0 Å². The highest BCUT2D eigenvalue weighted by Gasteiger charge is 2.27. The number of hydrogen-bond acceptors (Lipinski definition) is 1. The summed E-state index contributed by atoms with van der Waals surface area (Å²) in [5.74, 6) is 0.134. The number of halogens is 2. The van der Waals surface area contributed by atoms with Crippen molar-refractivity contribution in [2.75, 3.05) is 0 Å². The molecule has 1 aromatic carbocycles. The highest BCUT2D eigenvalue weighted by atomic mass is 35.5. The Morgan fingerprint density at radius 1 is 1.40 bits per heavy atom. The third-order valence-corrected chi connectivity index (χ3v) is 3.65. The molecule has 82 valence electrons. The zero-order chi connectivity index (χ0) is 11.2. The molecule has 1 nitrogen and oxygen atoms in total. The summed E-state index contributed by atoms with van der Waals surface area (Å²) >= 11 is 6.08. The molecule has 0 aliphatic heterocycles. The van der Waals surface area contributed by atoms with Crippen LogP contribution in [0.3, 0.4) is 0 Å². The highest BCUT2D eigenvalue weighted by Crippen LogP contribution is 2.42. The number of fused-ring (bicyclic) bond motifs is 1. The van der Waals surface area contributed by atoms with Gasteiger partial charge in [-0.05, 0) is 48.4 Å². The van der Waals surface area contributed by atoms with E-state index < -0.39 is 0 Å². The smallest absolute Gasteiger partial charge is 0.127 e. The largest absolute Gasteiger partial charge is 0.324 e. The van der Waals surface area contributed by atoms with E-state index in [1.54, 1.807) is 6.92 Å². The lowest BCUT2D eigenvalue weighted by atomic mass is 9.79. The summed E-state index contributed by atoms with van der Waals surface area (Å²) in [6.45, 7) is 3.90. The molecule has 0 spiro atoms. The summed E-state index contributed by atoms with van der Waals surface area (Å²) in [6.07, 6.45) is 1.94. The molecule has 0 bridgehead atoms. The van der Waals surface area contributed by atoms with Crippen LogP contribution in [-0.4, -0.2) is 0 Å². The molecule has 0 saturated carbocycles. The van der Waals surface area contributed by atoms with Crippen molar-refractivity contribution >= 4 is 11.6 Å². The summed E-state index contributed by atoms with van der Waals surface area (Å²) in [5.41, 5.74) is 8.66. The van der Waals surface area contributed by atoms with Gasteiger partial charge in [0, 0.05) is 11.1 Å². The summed E-state index contributed by atoms with van der Waals surface area (Å²) < 4.78 is 13.5. The van der Waals surface area contributed by atoms with Crippen molar-refractivity contribution in [2.24, 2.45) is 5.73 Å². The predicted octanol–water partition coefficient (Wildman–Crippen LogP) is 3.68. The average Bonchev–Trinajstić information content (AvgIpc) is 2.18. The van der Waals surface area contributed by atoms with Crippen molar-refractivity contribution in [1.29, 1.82) is 0 Å². The molecule has 0 saturated heterocycles. The number of benzene rings is 1. The monoisotopic (exact) mass is 227 g/mol. The molecular formula is C12H15ClFN. The van der Waals surface area contributed by atoms with Crippen molar-refractivity contribution in [1.82, 2.24) is 0 Å². The molecular weight excluding hydrogens is 213 g/mol. The van der Waals surface area contributed by atoms with Crippen LogP contribution in [-0.2, 0) is 0 Å². The van der Waals surface area contributed by atoms with Gasteiger partial charge in [0.05, 0.1) is 0 Å². The molecule has 2 N–H and O–H groups in total. The van der Waals surface area contributed by atoms with E-state index in [-0.39, 0.29) is 11.9 Å². The van der Waals surface area contributed by atoms with Gasteiger partial charge in [0.25, 0.3) is 0 Å². The van der Waals surface area contributed by atoms with Gasteiger partial charge in [-0.2, -0.15) is 0 Å². The molecule has 0 fully saturated rings. The Hall–Kier alpha value is -0.600. The molecule has 1 aliphatic rings. The van der Waals surface area contributed by atoms with Crippen molar-refractivity contribution < 1.29 is 4.39 Å². The van der Waals surface area contributed by atoms with E-state index in [9.17, 15) is 4.39 Å². The fourth-order valence-corrected chi connectivity index (χ4v) is 2.84. The second kappa shape index (κ2) is 3.76. The standard InChI is InChI=1S/C12H15ClFN/c1-6-3-4-10(15)12-7(2)9(14)5-8(13)11(6)12/h5-6,10H,3-4,15H2,1-2H3/t6?,10-/m1/s1. The van der Waals surface area contributed by atoms with Gasteiger partial charge in [-0.25, -0.2) is 4.39 Å². The summed E-state index contributed by atoms with van der Waals surface area (Å²) in [5, 5.41) is 0.524. The first-order valence-corrected chi connectivity index (χ1v) is 5.64. The zero-order valence-corrected chi connectivity index (χ0v) is 9.74. The third-order valence-electron chi connectivity index (χ3n) is 3.34. The average molecular weight is 228 g/mol. The van der Waals surface area contributed by atoms with Crippen molar-refractivity contribution in [3.05, 3.63) is 33.6 Å². The van der Waals surface area contributed by atoms with E-state index in [4.69, 9.17) is 17.3 Å². The molecule has 1 unspecified atom stereocenters. The van der Waals surface area contributed by atoms with E-state index in [0.29, 0.717) is 16.5 Å². The van der Waals surface area contributed by atoms with Crippen LogP contribution >= 0.6 is 11.6 Å². The quantitative estimate of drug-likeness (QED) is 0.719. The van der Waals surface area contributed by atoms with Gasteiger partial charge in [0.2, 0.25) is 0 Å². The first kappa shape index (κ1) is 10.9. The van der Waals surface area contributed by atoms with Gasteiger partial charge in [-0.3, -0.25) is 0 Å². The van der Waals surface area contributed by atoms with E-state index in [0.717, 1.165) is 24.0 Å². The Morgan fingerprint density at radius 2 is 2.07 bits per heavy atom. The molecule has 15 heavy (non-hydrogen) atoms. The second-order valence-corrected chi connectivity index (χ2v) is 4.78. The maximum atomic E-state index is 13.5. The Kier molecular flexibility index (Phi) is 2.73. The SMILES string of the molecule is Cc1c(F)cc(Cl)c2c1[C@H](N)CCC2C. The fourth-order valence-electron chi connectivity index (χ4n) is 2.45. The van der Waals surface area contributed by atoms with Crippen molar-refractivity contribution in [2.45, 2.75) is 38.6 Å². The van der Waals surface area contributed by atoms with E-state index in [2.05, 4.69) is 6.92 Å². The maximum absolute atomic E-state index is 13.5. The molecule has 2 atom stereocenters. The third kappa shape index (κ3) is 1.66. The number of rotatable bonds is 0. The van der Waals surface area contributed by atoms with Crippen LogP contribution in [0.4, 0.5) is 4.39 Å². The topological polar surface area (TPSA) is 26.0 Å². The minimum atomic E-state index is -0.247. The molecule has 0 radical (unpaired) electrons. The van der Waals surface area contributed by atoms with E-state index in [1.165, 1.54) is 6.07 Å². The summed E-state index contributed by atoms with van der Waals surface area (Å²) in [6, 6.07) is 1.34. The van der Waals surface area contributed by atoms with Gasteiger partial charge in [-0.1, -0.05) is 18.5 Å². The zero-order valence-electron chi connectivity index (χ0n) is 8.98. The molecule has 1 aromatic rings. The Bertz CT molecular complexity index is 403. The lowest BCUT2D eigenvalue weighted by molar-refractivity contribution is 0.503. The van der Waals surface area contributed by atoms with Crippen LogP contribution in [0, 0.1) is 12.7 Å². The predicted molar refractivity (Wildman–Crippen MR) is 60.7 cm³/mol. The molecule has 0 aromatic heterocycles. The van der Waals surface area contributed by atoms with Crippen LogP contribution in [0.5, 0.6) is 0 Å². The van der Waals surface area contributed by atoms with Crippen LogP contribution < -0.4 is 5.73 Å². The molecule has 0 amide bonds. The lowest BCUT2D eigenvalue weighted by Gasteiger charge is -2.30. The number of nitrogens with two attached hydrogens (primary N) is 1. The number of hydrogen-bond donors (Lipinski definition) is 1. The summed E-state index contributed by atoms with van der Waals surface area (Å²) in [7, 11) is 0. The minimum Gasteiger partial charge on any atom is -0.324 e. The van der Waals surface area contributed by atoms with Crippen LogP contribution in [0.1, 0.15) is 48.4 Å². The summed E-state index contributed by atoms with van der Waals surface area (Å²) in [4.78, 5) is 0. The fraction of sp³-hybridized carbons (Fsp3) is 0.500. The Balaban J connectivity index is 2.71. The lowest BCUT2D eigenvalue weighted by Crippen LogP contribution is -2.21. The van der Waals surface area contributed by atoms with E-state index >= 15 is 0 Å². The van der Waals surface area contributed by atoms with Crippen LogP contribution in [0.2, 0.25) is 5.02 Å². The second-order valence-electron chi connectivity index (χ2n) is 4.38. The van der Waals surface area contributed by atoms with Gasteiger partial charge in [0.1, 0.15) is 5.82 Å².